The van der Waals surface area contributed by atoms with Crippen LogP contribution in [0.5, 0.6) is 5.75 Å². The minimum Gasteiger partial charge on any atom is -0.487 e. The van der Waals surface area contributed by atoms with Crippen LogP contribution >= 0.6 is 0 Å². The van der Waals surface area contributed by atoms with E-state index in [-0.39, 0.29) is 5.60 Å². The average molecular weight is 247 g/mol. The Kier molecular flexibility index (Phi) is 3.67. The third kappa shape index (κ3) is 2.26. The molecule has 1 aliphatic rings. The quantitative estimate of drug-likeness (QED) is 0.874. The number of fused-ring (bicyclic) bond motifs is 1. The van der Waals surface area contributed by atoms with Crippen LogP contribution in [-0.4, -0.2) is 12.1 Å². The molecule has 1 aromatic rings. The van der Waals surface area contributed by atoms with Gasteiger partial charge in [0.2, 0.25) is 0 Å². The van der Waals surface area contributed by atoms with Gasteiger partial charge in [-0.25, -0.2) is 0 Å². The fourth-order valence-electron chi connectivity index (χ4n) is 2.70. The van der Waals surface area contributed by atoms with Gasteiger partial charge in [-0.3, -0.25) is 0 Å². The van der Waals surface area contributed by atoms with Gasteiger partial charge in [-0.05, 0) is 44.9 Å². The van der Waals surface area contributed by atoms with Crippen LogP contribution in [0.4, 0.5) is 0 Å². The average Bonchev–Trinajstić information content (AvgIpc) is 2.35. The number of rotatable bonds is 3. The molecule has 2 atom stereocenters. The maximum atomic E-state index is 6.32. The molecule has 0 spiro atoms. The molecule has 2 nitrogen and oxygen atoms in total. The molecule has 0 bridgehead atoms. The molecule has 1 heterocycles. The SMILES string of the molecule is CCNC1CC(C)(CC)Oc2c1ccc(C)c2C. The standard InChI is InChI=1S/C16H25NO/c1-6-16(5)10-14(17-7-2)13-9-8-11(3)12(4)15(13)18-16/h8-9,14,17H,6-7,10H2,1-5H3. The molecule has 100 valence electrons. The molecule has 1 aromatic carbocycles. The van der Waals surface area contributed by atoms with Gasteiger partial charge in [-0.15, -0.1) is 0 Å². The molecule has 0 amide bonds. The van der Waals surface area contributed by atoms with Gasteiger partial charge in [0.05, 0.1) is 0 Å². The van der Waals surface area contributed by atoms with Gasteiger partial charge in [0.1, 0.15) is 11.4 Å². The zero-order valence-corrected chi connectivity index (χ0v) is 12.3. The molecule has 2 heteroatoms. The van der Waals surface area contributed by atoms with Crippen molar-refractivity contribution < 1.29 is 4.74 Å². The van der Waals surface area contributed by atoms with E-state index in [9.17, 15) is 0 Å². The number of hydrogen-bond donors (Lipinski definition) is 1. The van der Waals surface area contributed by atoms with Crippen molar-refractivity contribution in [3.05, 3.63) is 28.8 Å². The molecule has 0 fully saturated rings. The molecule has 0 aliphatic carbocycles. The summed E-state index contributed by atoms with van der Waals surface area (Å²) in [6, 6.07) is 4.85. The molecule has 2 rings (SSSR count). The molecule has 0 saturated heterocycles. The lowest BCUT2D eigenvalue weighted by atomic mass is 9.85. The zero-order chi connectivity index (χ0) is 13.3. The summed E-state index contributed by atoms with van der Waals surface area (Å²) in [6.07, 6.45) is 2.09. The van der Waals surface area contributed by atoms with Crippen molar-refractivity contribution in [3.8, 4) is 5.75 Å². The predicted molar refractivity (Wildman–Crippen MR) is 76.3 cm³/mol. The lowest BCUT2D eigenvalue weighted by Crippen LogP contribution is -2.41. The summed E-state index contributed by atoms with van der Waals surface area (Å²) in [4.78, 5) is 0. The van der Waals surface area contributed by atoms with E-state index in [2.05, 4.69) is 52.1 Å². The Morgan fingerprint density at radius 3 is 2.67 bits per heavy atom. The predicted octanol–water partition coefficient (Wildman–Crippen LogP) is 3.91. The fraction of sp³-hybridized carbons (Fsp3) is 0.625. The van der Waals surface area contributed by atoms with Crippen molar-refractivity contribution in [2.75, 3.05) is 6.54 Å². The third-order valence-corrected chi connectivity index (χ3v) is 4.27. The molecule has 0 radical (unpaired) electrons. The summed E-state index contributed by atoms with van der Waals surface area (Å²) < 4.78 is 6.32. The third-order valence-electron chi connectivity index (χ3n) is 4.27. The summed E-state index contributed by atoms with van der Waals surface area (Å²) in [7, 11) is 0. The van der Waals surface area contributed by atoms with Crippen LogP contribution in [0.15, 0.2) is 12.1 Å². The Morgan fingerprint density at radius 2 is 2.06 bits per heavy atom. The van der Waals surface area contributed by atoms with Crippen molar-refractivity contribution in [2.45, 2.75) is 59.1 Å². The van der Waals surface area contributed by atoms with Gasteiger partial charge in [0.25, 0.3) is 0 Å². The second-order valence-electron chi connectivity index (χ2n) is 5.65. The molecule has 1 N–H and O–H groups in total. The first-order chi connectivity index (χ1) is 8.50. The van der Waals surface area contributed by atoms with Gasteiger partial charge in [0, 0.05) is 18.0 Å². The maximum absolute atomic E-state index is 6.32. The highest BCUT2D eigenvalue weighted by molar-refractivity contribution is 5.48. The van der Waals surface area contributed by atoms with Gasteiger partial charge >= 0.3 is 0 Å². The number of ether oxygens (including phenoxy) is 1. The molecule has 0 saturated carbocycles. The van der Waals surface area contributed by atoms with E-state index in [0.717, 1.165) is 25.1 Å². The highest BCUT2D eigenvalue weighted by Gasteiger charge is 2.36. The number of nitrogens with one attached hydrogen (secondary N) is 1. The van der Waals surface area contributed by atoms with E-state index in [1.807, 2.05) is 0 Å². The van der Waals surface area contributed by atoms with Crippen LogP contribution in [0.3, 0.4) is 0 Å². The van der Waals surface area contributed by atoms with Crippen molar-refractivity contribution in [1.82, 2.24) is 5.32 Å². The molecular formula is C16H25NO. The fourth-order valence-corrected chi connectivity index (χ4v) is 2.70. The summed E-state index contributed by atoms with van der Waals surface area (Å²) in [5.41, 5.74) is 3.88. The first-order valence-electron chi connectivity index (χ1n) is 7.03. The van der Waals surface area contributed by atoms with Crippen molar-refractivity contribution in [2.24, 2.45) is 0 Å². The zero-order valence-electron chi connectivity index (χ0n) is 12.3. The first kappa shape index (κ1) is 13.4. The molecule has 0 aromatic heterocycles. The van der Waals surface area contributed by atoms with Crippen LogP contribution in [0.1, 0.15) is 56.3 Å². The van der Waals surface area contributed by atoms with Crippen LogP contribution in [-0.2, 0) is 0 Å². The van der Waals surface area contributed by atoms with Crippen LogP contribution in [0.25, 0.3) is 0 Å². The molecule has 1 aliphatic heterocycles. The summed E-state index contributed by atoms with van der Waals surface area (Å²) in [5.74, 6) is 1.11. The lowest BCUT2D eigenvalue weighted by molar-refractivity contribution is 0.0436. The Morgan fingerprint density at radius 1 is 1.33 bits per heavy atom. The molecular weight excluding hydrogens is 222 g/mol. The topological polar surface area (TPSA) is 21.3 Å². The summed E-state index contributed by atoms with van der Waals surface area (Å²) in [5, 5.41) is 3.60. The Balaban J connectivity index is 2.48. The highest BCUT2D eigenvalue weighted by Crippen LogP contribution is 2.43. The normalized spacial score (nSPS) is 26.6. The lowest BCUT2D eigenvalue weighted by Gasteiger charge is -2.40. The van der Waals surface area contributed by atoms with Gasteiger partial charge in [-0.2, -0.15) is 0 Å². The van der Waals surface area contributed by atoms with E-state index in [4.69, 9.17) is 4.74 Å². The second-order valence-corrected chi connectivity index (χ2v) is 5.65. The first-order valence-corrected chi connectivity index (χ1v) is 7.03. The van der Waals surface area contributed by atoms with Gasteiger partial charge in [0.15, 0.2) is 0 Å². The maximum Gasteiger partial charge on any atom is 0.128 e. The van der Waals surface area contributed by atoms with Gasteiger partial charge < -0.3 is 10.1 Å². The van der Waals surface area contributed by atoms with Crippen molar-refractivity contribution in [3.63, 3.8) is 0 Å². The molecule has 18 heavy (non-hydrogen) atoms. The van der Waals surface area contributed by atoms with Crippen LogP contribution < -0.4 is 10.1 Å². The second kappa shape index (κ2) is 4.93. The number of benzene rings is 1. The van der Waals surface area contributed by atoms with Crippen molar-refractivity contribution in [1.29, 1.82) is 0 Å². The van der Waals surface area contributed by atoms with Crippen molar-refractivity contribution >= 4 is 0 Å². The smallest absolute Gasteiger partial charge is 0.128 e. The summed E-state index contributed by atoms with van der Waals surface area (Å²) in [6.45, 7) is 11.9. The minimum atomic E-state index is -0.0433. The Bertz CT molecular complexity index is 441. The minimum absolute atomic E-state index is 0.0433. The van der Waals surface area contributed by atoms with Gasteiger partial charge in [-0.1, -0.05) is 26.0 Å². The molecule has 2 unspecified atom stereocenters. The number of aryl methyl sites for hydroxylation is 1. The Hall–Kier alpha value is -1.02. The van der Waals surface area contributed by atoms with E-state index in [1.165, 1.54) is 16.7 Å². The van der Waals surface area contributed by atoms with E-state index in [0.29, 0.717) is 6.04 Å². The van der Waals surface area contributed by atoms with E-state index < -0.39 is 0 Å². The van der Waals surface area contributed by atoms with Crippen LogP contribution in [0.2, 0.25) is 0 Å². The number of hydrogen-bond acceptors (Lipinski definition) is 2. The largest absolute Gasteiger partial charge is 0.487 e. The Labute approximate surface area is 111 Å². The van der Waals surface area contributed by atoms with Crippen LogP contribution in [0, 0.1) is 13.8 Å². The highest BCUT2D eigenvalue weighted by atomic mass is 16.5. The van der Waals surface area contributed by atoms with E-state index >= 15 is 0 Å². The summed E-state index contributed by atoms with van der Waals surface area (Å²) >= 11 is 0. The van der Waals surface area contributed by atoms with E-state index in [1.54, 1.807) is 0 Å². The monoisotopic (exact) mass is 247 g/mol.